The number of nitrogens with one attached hydrogen (secondary N) is 1. The molecule has 0 fully saturated rings. The monoisotopic (exact) mass is 281 g/mol. The van der Waals surface area contributed by atoms with Gasteiger partial charge >= 0.3 is 0 Å². The fourth-order valence-corrected chi connectivity index (χ4v) is 1.47. The van der Waals surface area contributed by atoms with Gasteiger partial charge in [0.25, 0.3) is 0 Å². The third kappa shape index (κ3) is 2.76. The first-order valence-corrected chi connectivity index (χ1v) is 5.49. The minimum absolute atomic E-state index is 0.285. The van der Waals surface area contributed by atoms with Gasteiger partial charge in [-0.05, 0) is 40.2 Å². The second kappa shape index (κ2) is 5.03. The van der Waals surface area contributed by atoms with E-state index in [1.54, 1.807) is 18.3 Å². The molecule has 0 amide bonds. The van der Waals surface area contributed by atoms with Gasteiger partial charge in [0.15, 0.2) is 0 Å². The van der Waals surface area contributed by atoms with Crippen molar-refractivity contribution in [1.29, 1.82) is 0 Å². The van der Waals surface area contributed by atoms with E-state index in [2.05, 4.69) is 31.2 Å². The van der Waals surface area contributed by atoms with Gasteiger partial charge in [-0.25, -0.2) is 14.4 Å². The Bertz CT molecular complexity index is 476. The first-order chi connectivity index (χ1) is 7.75. The average Bonchev–Trinajstić information content (AvgIpc) is 2.32. The fourth-order valence-electron chi connectivity index (χ4n) is 1.22. The normalized spacial score (nSPS) is 10.1. The summed E-state index contributed by atoms with van der Waals surface area (Å²) in [6.07, 6.45) is 3.16. The molecule has 0 aliphatic heterocycles. The fraction of sp³-hybridized carbons (Fsp3) is 0.0909. The molecule has 0 radical (unpaired) electrons. The van der Waals surface area contributed by atoms with Crippen molar-refractivity contribution in [2.45, 2.75) is 6.54 Å². The minimum Gasteiger partial charge on any atom is -0.379 e. The number of aromatic nitrogens is 2. The van der Waals surface area contributed by atoms with Crippen LogP contribution in [0.4, 0.5) is 10.1 Å². The van der Waals surface area contributed by atoms with Gasteiger partial charge in [-0.2, -0.15) is 0 Å². The van der Waals surface area contributed by atoms with Crippen molar-refractivity contribution in [2.75, 3.05) is 5.32 Å². The molecule has 0 saturated carbocycles. The summed E-state index contributed by atoms with van der Waals surface area (Å²) in [6, 6.07) is 6.71. The molecule has 1 heterocycles. The van der Waals surface area contributed by atoms with E-state index in [4.69, 9.17) is 0 Å². The minimum atomic E-state index is -0.285. The number of halogens is 2. The molecule has 1 aromatic heterocycles. The zero-order valence-corrected chi connectivity index (χ0v) is 9.91. The maximum atomic E-state index is 13.2. The average molecular weight is 282 g/mol. The molecule has 5 heteroatoms. The summed E-state index contributed by atoms with van der Waals surface area (Å²) in [6.45, 7) is 0.545. The van der Waals surface area contributed by atoms with Crippen LogP contribution in [-0.4, -0.2) is 9.97 Å². The molecular formula is C11H9BrFN3. The van der Waals surface area contributed by atoms with Crippen LogP contribution in [0.5, 0.6) is 0 Å². The lowest BCUT2D eigenvalue weighted by molar-refractivity contribution is 0.621. The van der Waals surface area contributed by atoms with Gasteiger partial charge in [0.2, 0.25) is 0 Å². The SMILES string of the molecule is Fc1cc(NCc2ccncn2)ccc1Br. The van der Waals surface area contributed by atoms with Crippen LogP contribution in [0, 0.1) is 5.82 Å². The number of hydrogen-bond donors (Lipinski definition) is 1. The smallest absolute Gasteiger partial charge is 0.139 e. The predicted molar refractivity (Wildman–Crippen MR) is 63.5 cm³/mol. The Kier molecular flexibility index (Phi) is 3.46. The van der Waals surface area contributed by atoms with Crippen molar-refractivity contribution in [2.24, 2.45) is 0 Å². The van der Waals surface area contributed by atoms with E-state index in [1.807, 2.05) is 6.07 Å². The number of hydrogen-bond acceptors (Lipinski definition) is 3. The zero-order chi connectivity index (χ0) is 11.4. The lowest BCUT2D eigenvalue weighted by atomic mass is 10.3. The van der Waals surface area contributed by atoms with Crippen molar-refractivity contribution in [3.63, 3.8) is 0 Å². The molecule has 0 saturated heterocycles. The Morgan fingerprint density at radius 3 is 2.88 bits per heavy atom. The highest BCUT2D eigenvalue weighted by atomic mass is 79.9. The number of benzene rings is 1. The van der Waals surface area contributed by atoms with E-state index in [1.165, 1.54) is 12.4 Å². The molecule has 3 nitrogen and oxygen atoms in total. The van der Waals surface area contributed by atoms with Gasteiger partial charge in [0, 0.05) is 11.9 Å². The summed E-state index contributed by atoms with van der Waals surface area (Å²) in [7, 11) is 0. The molecule has 0 atom stereocenters. The van der Waals surface area contributed by atoms with Crippen LogP contribution in [0.15, 0.2) is 41.3 Å². The first-order valence-electron chi connectivity index (χ1n) is 4.69. The molecule has 82 valence electrons. The van der Waals surface area contributed by atoms with Crippen LogP contribution in [0.2, 0.25) is 0 Å². The third-order valence-electron chi connectivity index (χ3n) is 2.04. The second-order valence-corrected chi connectivity index (χ2v) is 4.04. The molecule has 1 aromatic carbocycles. The van der Waals surface area contributed by atoms with Crippen molar-refractivity contribution < 1.29 is 4.39 Å². The molecule has 0 spiro atoms. The van der Waals surface area contributed by atoms with Crippen molar-refractivity contribution in [3.05, 3.63) is 52.8 Å². The zero-order valence-electron chi connectivity index (χ0n) is 8.32. The summed E-state index contributed by atoms with van der Waals surface area (Å²) in [5, 5.41) is 3.08. The molecule has 0 aliphatic rings. The third-order valence-corrected chi connectivity index (χ3v) is 2.68. The van der Waals surface area contributed by atoms with Gasteiger partial charge in [-0.3, -0.25) is 0 Å². The van der Waals surface area contributed by atoms with Crippen LogP contribution < -0.4 is 5.32 Å². The molecule has 2 rings (SSSR count). The van der Waals surface area contributed by atoms with E-state index in [0.29, 0.717) is 11.0 Å². The number of nitrogens with zero attached hydrogens (tertiary/aromatic N) is 2. The summed E-state index contributed by atoms with van der Waals surface area (Å²) in [5.74, 6) is -0.285. The molecule has 2 aromatic rings. The Hall–Kier alpha value is -1.49. The maximum absolute atomic E-state index is 13.2. The van der Waals surface area contributed by atoms with E-state index in [9.17, 15) is 4.39 Å². The van der Waals surface area contributed by atoms with Crippen LogP contribution in [-0.2, 0) is 6.54 Å². The Morgan fingerprint density at radius 1 is 1.31 bits per heavy atom. The Morgan fingerprint density at radius 2 is 2.19 bits per heavy atom. The Labute approximate surface area is 101 Å². The lowest BCUT2D eigenvalue weighted by Gasteiger charge is -2.06. The van der Waals surface area contributed by atoms with E-state index >= 15 is 0 Å². The standard InChI is InChI=1S/C11H9BrFN3/c12-10-2-1-8(5-11(10)13)15-6-9-3-4-14-7-16-9/h1-5,7,15H,6H2. The van der Waals surface area contributed by atoms with E-state index < -0.39 is 0 Å². The summed E-state index contributed by atoms with van der Waals surface area (Å²) in [5.41, 5.74) is 1.58. The van der Waals surface area contributed by atoms with Crippen molar-refractivity contribution >= 4 is 21.6 Å². The molecule has 0 unspecified atom stereocenters. The summed E-state index contributed by atoms with van der Waals surface area (Å²) in [4.78, 5) is 7.88. The largest absolute Gasteiger partial charge is 0.379 e. The van der Waals surface area contributed by atoms with Gasteiger partial charge in [0.05, 0.1) is 16.7 Å². The molecular weight excluding hydrogens is 273 g/mol. The molecule has 0 aliphatic carbocycles. The highest BCUT2D eigenvalue weighted by Gasteiger charge is 2.00. The molecule has 0 bridgehead atoms. The topological polar surface area (TPSA) is 37.8 Å². The quantitative estimate of drug-likeness (QED) is 0.940. The van der Waals surface area contributed by atoms with Gasteiger partial charge < -0.3 is 5.32 Å². The van der Waals surface area contributed by atoms with Crippen molar-refractivity contribution in [1.82, 2.24) is 9.97 Å². The Balaban J connectivity index is 2.03. The summed E-state index contributed by atoms with van der Waals surface area (Å²) >= 11 is 3.10. The summed E-state index contributed by atoms with van der Waals surface area (Å²) < 4.78 is 13.7. The number of anilines is 1. The van der Waals surface area contributed by atoms with Crippen LogP contribution in [0.3, 0.4) is 0 Å². The van der Waals surface area contributed by atoms with Gasteiger partial charge in [-0.1, -0.05) is 0 Å². The lowest BCUT2D eigenvalue weighted by Crippen LogP contribution is -2.01. The second-order valence-electron chi connectivity index (χ2n) is 3.18. The number of rotatable bonds is 3. The highest BCUT2D eigenvalue weighted by Crippen LogP contribution is 2.19. The first kappa shape index (κ1) is 11.0. The van der Waals surface area contributed by atoms with Crippen LogP contribution in [0.1, 0.15) is 5.69 Å². The van der Waals surface area contributed by atoms with Gasteiger partial charge in [0.1, 0.15) is 12.1 Å². The van der Waals surface area contributed by atoms with Crippen LogP contribution in [0.25, 0.3) is 0 Å². The predicted octanol–water partition coefficient (Wildman–Crippen LogP) is 2.99. The van der Waals surface area contributed by atoms with Gasteiger partial charge in [-0.15, -0.1) is 0 Å². The van der Waals surface area contributed by atoms with E-state index in [-0.39, 0.29) is 5.82 Å². The van der Waals surface area contributed by atoms with Crippen molar-refractivity contribution in [3.8, 4) is 0 Å². The maximum Gasteiger partial charge on any atom is 0.139 e. The van der Waals surface area contributed by atoms with E-state index in [0.717, 1.165) is 11.4 Å². The van der Waals surface area contributed by atoms with Crippen LogP contribution >= 0.6 is 15.9 Å². The molecule has 16 heavy (non-hydrogen) atoms. The highest BCUT2D eigenvalue weighted by molar-refractivity contribution is 9.10. The molecule has 1 N–H and O–H groups in total.